The number of nitrogens with one attached hydrogen (secondary N) is 2. The van der Waals surface area contributed by atoms with E-state index < -0.39 is 29.5 Å². The van der Waals surface area contributed by atoms with E-state index in [4.69, 9.17) is 17.0 Å². The first-order valence-electron chi connectivity index (χ1n) is 6.55. The van der Waals surface area contributed by atoms with Crippen LogP contribution in [-0.2, 0) is 9.53 Å². The summed E-state index contributed by atoms with van der Waals surface area (Å²) in [6.45, 7) is 1.49. The van der Waals surface area contributed by atoms with Crippen LogP contribution in [0.5, 0.6) is 0 Å². The van der Waals surface area contributed by atoms with Crippen molar-refractivity contribution in [2.75, 3.05) is 6.61 Å². The summed E-state index contributed by atoms with van der Waals surface area (Å²) in [6.07, 6.45) is -4.76. The molecular weight excluding hydrogens is 397 g/mol. The molecule has 0 saturated carbocycles. The van der Waals surface area contributed by atoms with Gasteiger partial charge in [-0.25, -0.2) is 4.79 Å². The van der Waals surface area contributed by atoms with E-state index in [1.165, 1.54) is 6.92 Å². The number of alkyl halides is 3. The number of benzene rings is 1. The Labute approximate surface area is 144 Å². The van der Waals surface area contributed by atoms with E-state index >= 15 is 0 Å². The number of hydrogen-bond donors (Lipinski definition) is 2. The lowest BCUT2D eigenvalue weighted by molar-refractivity contribution is -0.140. The second-order valence-corrected chi connectivity index (χ2v) is 5.91. The van der Waals surface area contributed by atoms with Crippen LogP contribution in [0.3, 0.4) is 0 Å². The van der Waals surface area contributed by atoms with E-state index in [2.05, 4.69) is 21.2 Å². The van der Waals surface area contributed by atoms with Crippen LogP contribution < -0.4 is 10.6 Å². The third-order valence-electron chi connectivity index (χ3n) is 3.05. The second-order valence-electron chi connectivity index (χ2n) is 4.59. The number of esters is 1. The third kappa shape index (κ3) is 4.03. The van der Waals surface area contributed by atoms with Gasteiger partial charge in [-0.3, -0.25) is 0 Å². The quantitative estimate of drug-likeness (QED) is 0.593. The first-order valence-corrected chi connectivity index (χ1v) is 7.75. The van der Waals surface area contributed by atoms with Crippen LogP contribution in [0.15, 0.2) is 40.0 Å². The second kappa shape index (κ2) is 6.88. The van der Waals surface area contributed by atoms with E-state index in [9.17, 15) is 18.0 Å². The first kappa shape index (κ1) is 17.7. The molecule has 0 saturated heterocycles. The highest BCUT2D eigenvalue weighted by molar-refractivity contribution is 9.10. The monoisotopic (exact) mass is 408 g/mol. The SMILES string of the molecule is CCOC(=O)C1=C(C(F)(F)F)NC(=S)NC1c1ccc(Br)cc1. The van der Waals surface area contributed by atoms with Gasteiger partial charge in [-0.1, -0.05) is 28.1 Å². The lowest BCUT2D eigenvalue weighted by Gasteiger charge is -2.31. The Bertz CT molecular complexity index is 659. The molecule has 0 spiro atoms. The summed E-state index contributed by atoms with van der Waals surface area (Å²) in [6, 6.07) is 5.48. The Morgan fingerprint density at radius 2 is 1.96 bits per heavy atom. The maximum absolute atomic E-state index is 13.3. The van der Waals surface area contributed by atoms with Crippen molar-refractivity contribution in [2.24, 2.45) is 0 Å². The molecule has 124 valence electrons. The molecule has 0 fully saturated rings. The molecule has 0 aromatic heterocycles. The van der Waals surface area contributed by atoms with Crippen molar-refractivity contribution in [3.8, 4) is 0 Å². The van der Waals surface area contributed by atoms with Crippen LogP contribution >= 0.6 is 28.1 Å². The van der Waals surface area contributed by atoms with Crippen molar-refractivity contribution in [1.29, 1.82) is 0 Å². The van der Waals surface area contributed by atoms with E-state index in [1.807, 2.05) is 5.32 Å². The van der Waals surface area contributed by atoms with Gasteiger partial charge in [0.25, 0.3) is 0 Å². The summed E-state index contributed by atoms with van der Waals surface area (Å²) >= 11 is 8.09. The van der Waals surface area contributed by atoms with Gasteiger partial charge in [-0.05, 0) is 36.8 Å². The maximum atomic E-state index is 13.3. The molecule has 23 heavy (non-hydrogen) atoms. The molecule has 2 rings (SSSR count). The minimum absolute atomic E-state index is 0.0367. The fourth-order valence-corrected chi connectivity index (χ4v) is 2.61. The highest BCUT2D eigenvalue weighted by Crippen LogP contribution is 2.35. The number of carbonyl (C=O) groups excluding carboxylic acids is 1. The predicted molar refractivity (Wildman–Crippen MR) is 85.5 cm³/mol. The van der Waals surface area contributed by atoms with Gasteiger partial charge in [-0.15, -0.1) is 0 Å². The molecule has 0 radical (unpaired) electrons. The number of hydrogen-bond acceptors (Lipinski definition) is 3. The Kier molecular flexibility index (Phi) is 5.30. The minimum atomic E-state index is -4.76. The Morgan fingerprint density at radius 1 is 1.35 bits per heavy atom. The van der Waals surface area contributed by atoms with Gasteiger partial charge in [0, 0.05) is 4.47 Å². The van der Waals surface area contributed by atoms with Crippen molar-refractivity contribution >= 4 is 39.2 Å². The van der Waals surface area contributed by atoms with Gasteiger partial charge in [0.15, 0.2) is 5.11 Å². The molecule has 1 aliphatic heterocycles. The predicted octanol–water partition coefficient (Wildman–Crippen LogP) is 3.35. The number of thiocarbonyl (C=S) groups is 1. The fourth-order valence-electron chi connectivity index (χ4n) is 2.12. The molecule has 1 atom stereocenters. The van der Waals surface area contributed by atoms with E-state index in [1.54, 1.807) is 24.3 Å². The summed E-state index contributed by atoms with van der Waals surface area (Å²) in [5, 5.41) is 4.50. The number of allylic oxidation sites excluding steroid dienone is 1. The zero-order valence-corrected chi connectivity index (χ0v) is 14.2. The Balaban J connectivity index is 2.59. The molecule has 2 N–H and O–H groups in total. The molecule has 1 aromatic rings. The van der Waals surface area contributed by atoms with Gasteiger partial charge >= 0.3 is 12.1 Å². The molecule has 0 amide bonds. The summed E-state index contributed by atoms with van der Waals surface area (Å²) in [5.41, 5.74) is -1.29. The van der Waals surface area contributed by atoms with E-state index in [-0.39, 0.29) is 11.7 Å². The molecular formula is C14H12BrF3N2O2S. The lowest BCUT2D eigenvalue weighted by atomic mass is 9.95. The molecule has 4 nitrogen and oxygen atoms in total. The van der Waals surface area contributed by atoms with E-state index in [0.29, 0.717) is 5.56 Å². The highest BCUT2D eigenvalue weighted by atomic mass is 79.9. The van der Waals surface area contributed by atoms with Gasteiger partial charge in [0.05, 0.1) is 18.2 Å². The van der Waals surface area contributed by atoms with Crippen LogP contribution in [0.25, 0.3) is 0 Å². The zero-order chi connectivity index (χ0) is 17.2. The van der Waals surface area contributed by atoms with Crippen LogP contribution in [-0.4, -0.2) is 23.9 Å². The van der Waals surface area contributed by atoms with Crippen molar-refractivity contribution in [3.05, 3.63) is 45.6 Å². The largest absolute Gasteiger partial charge is 0.463 e. The van der Waals surface area contributed by atoms with Crippen molar-refractivity contribution in [2.45, 2.75) is 19.1 Å². The summed E-state index contributed by atoms with van der Waals surface area (Å²) in [5.74, 6) is -1.05. The Morgan fingerprint density at radius 3 is 2.48 bits per heavy atom. The topological polar surface area (TPSA) is 50.4 Å². The van der Waals surface area contributed by atoms with Crippen LogP contribution in [0, 0.1) is 0 Å². The van der Waals surface area contributed by atoms with Crippen LogP contribution in [0.2, 0.25) is 0 Å². The summed E-state index contributed by atoms with van der Waals surface area (Å²) < 4.78 is 45.4. The van der Waals surface area contributed by atoms with Crippen molar-refractivity contribution < 1.29 is 22.7 Å². The average molecular weight is 409 g/mol. The first-order chi connectivity index (χ1) is 10.7. The van der Waals surface area contributed by atoms with Crippen molar-refractivity contribution in [1.82, 2.24) is 10.6 Å². The standard InChI is InChI=1S/C14H12BrF3N2O2S/c1-2-22-12(21)9-10(7-3-5-8(15)6-4-7)19-13(23)20-11(9)14(16,17)18/h3-6,10H,2H2,1H3,(H2,19,20,23). The van der Waals surface area contributed by atoms with Gasteiger partial charge < -0.3 is 15.4 Å². The minimum Gasteiger partial charge on any atom is -0.463 e. The molecule has 1 heterocycles. The molecule has 1 aliphatic rings. The summed E-state index contributed by atoms with van der Waals surface area (Å²) in [7, 11) is 0. The van der Waals surface area contributed by atoms with Gasteiger partial charge in [0.1, 0.15) is 5.70 Å². The molecule has 0 aliphatic carbocycles. The highest BCUT2D eigenvalue weighted by Gasteiger charge is 2.44. The normalized spacial score (nSPS) is 18.3. The molecule has 1 unspecified atom stereocenters. The Hall–Kier alpha value is -1.61. The van der Waals surface area contributed by atoms with Crippen LogP contribution in [0.1, 0.15) is 18.5 Å². The summed E-state index contributed by atoms with van der Waals surface area (Å²) in [4.78, 5) is 12.1. The lowest BCUT2D eigenvalue weighted by Crippen LogP contribution is -2.49. The molecule has 0 bridgehead atoms. The molecule has 9 heteroatoms. The molecule has 1 aromatic carbocycles. The van der Waals surface area contributed by atoms with Crippen molar-refractivity contribution in [3.63, 3.8) is 0 Å². The number of carbonyl (C=O) groups is 1. The number of rotatable bonds is 3. The van der Waals surface area contributed by atoms with Gasteiger partial charge in [0.2, 0.25) is 0 Å². The smallest absolute Gasteiger partial charge is 0.431 e. The number of ether oxygens (including phenoxy) is 1. The van der Waals surface area contributed by atoms with E-state index in [0.717, 1.165) is 4.47 Å². The average Bonchev–Trinajstić information content (AvgIpc) is 2.46. The number of halogens is 4. The maximum Gasteiger partial charge on any atom is 0.431 e. The third-order valence-corrected chi connectivity index (χ3v) is 3.80. The van der Waals surface area contributed by atoms with Crippen LogP contribution in [0.4, 0.5) is 13.2 Å². The fraction of sp³-hybridized carbons (Fsp3) is 0.286. The van der Waals surface area contributed by atoms with Gasteiger partial charge in [-0.2, -0.15) is 13.2 Å². The zero-order valence-electron chi connectivity index (χ0n) is 11.8.